The van der Waals surface area contributed by atoms with Crippen molar-refractivity contribution in [3.8, 4) is 5.75 Å². The minimum atomic E-state index is -0.497. The molecule has 0 bridgehead atoms. The second-order valence-corrected chi connectivity index (χ2v) is 5.66. The fourth-order valence-electron chi connectivity index (χ4n) is 1.65. The van der Waals surface area contributed by atoms with Crippen LogP contribution in [0.1, 0.15) is 45.3 Å². The van der Waals surface area contributed by atoms with E-state index in [-0.39, 0.29) is 0 Å². The Morgan fingerprint density at radius 1 is 1.29 bits per heavy atom. The summed E-state index contributed by atoms with van der Waals surface area (Å²) in [5.74, 6) is 1.48. The number of hydrogen-bond acceptors (Lipinski definition) is 2. The molecule has 0 aliphatic heterocycles. The average Bonchev–Trinajstić information content (AvgIpc) is 2.23. The first-order valence-electron chi connectivity index (χ1n) is 6.11. The molecule has 3 heteroatoms. The highest BCUT2D eigenvalue weighted by molar-refractivity contribution is 9.10. The van der Waals surface area contributed by atoms with Gasteiger partial charge < -0.3 is 9.84 Å². The molecule has 0 unspecified atom stereocenters. The van der Waals surface area contributed by atoms with Crippen LogP contribution in [0.25, 0.3) is 0 Å². The lowest BCUT2D eigenvalue weighted by atomic mass is 10.1. The lowest BCUT2D eigenvalue weighted by Gasteiger charge is -2.14. The van der Waals surface area contributed by atoms with Crippen LogP contribution in [0.2, 0.25) is 0 Å². The quantitative estimate of drug-likeness (QED) is 0.793. The summed E-state index contributed by atoms with van der Waals surface area (Å²) in [6.45, 7) is 6.87. The second-order valence-electron chi connectivity index (χ2n) is 4.74. The molecule has 96 valence electrons. The molecule has 0 saturated carbocycles. The van der Waals surface area contributed by atoms with Gasteiger partial charge in [-0.2, -0.15) is 0 Å². The van der Waals surface area contributed by atoms with E-state index in [4.69, 9.17) is 4.74 Å². The van der Waals surface area contributed by atoms with Crippen LogP contribution in [-0.2, 0) is 0 Å². The molecule has 17 heavy (non-hydrogen) atoms. The Kier molecular flexibility index (Phi) is 6.00. The maximum Gasteiger partial charge on any atom is 0.126 e. The van der Waals surface area contributed by atoms with Crippen LogP contribution in [0.5, 0.6) is 5.75 Å². The summed E-state index contributed by atoms with van der Waals surface area (Å²) in [5, 5.41) is 9.64. The Balaban J connectivity index is 2.59. The average molecular weight is 301 g/mol. The van der Waals surface area contributed by atoms with Crippen molar-refractivity contribution in [2.75, 3.05) is 6.61 Å². The van der Waals surface area contributed by atoms with Crippen LogP contribution in [0, 0.1) is 5.92 Å². The van der Waals surface area contributed by atoms with Gasteiger partial charge in [-0.25, -0.2) is 0 Å². The van der Waals surface area contributed by atoms with Crippen LogP contribution in [0.15, 0.2) is 22.7 Å². The minimum absolute atomic E-state index is 0.497. The number of ether oxygens (including phenoxy) is 1. The van der Waals surface area contributed by atoms with Crippen molar-refractivity contribution >= 4 is 15.9 Å². The van der Waals surface area contributed by atoms with Crippen molar-refractivity contribution in [1.29, 1.82) is 0 Å². The molecule has 0 aromatic heterocycles. The summed E-state index contributed by atoms with van der Waals surface area (Å²) in [6, 6.07) is 5.73. The Morgan fingerprint density at radius 2 is 2.00 bits per heavy atom. The van der Waals surface area contributed by atoms with Crippen LogP contribution in [0.3, 0.4) is 0 Å². The SMILES string of the molecule is CC(C)CCCOc1cc(Br)ccc1[C@@H](C)O. The molecular weight excluding hydrogens is 280 g/mol. The molecular formula is C14H21BrO2. The summed E-state index contributed by atoms with van der Waals surface area (Å²) in [4.78, 5) is 0. The Morgan fingerprint density at radius 3 is 2.59 bits per heavy atom. The third-order valence-corrected chi connectivity index (χ3v) is 3.10. The fraction of sp³-hybridized carbons (Fsp3) is 0.571. The van der Waals surface area contributed by atoms with E-state index in [2.05, 4.69) is 29.8 Å². The predicted molar refractivity (Wildman–Crippen MR) is 74.3 cm³/mol. The lowest BCUT2D eigenvalue weighted by Crippen LogP contribution is -2.03. The monoisotopic (exact) mass is 300 g/mol. The van der Waals surface area contributed by atoms with E-state index >= 15 is 0 Å². The van der Waals surface area contributed by atoms with Crippen LogP contribution < -0.4 is 4.74 Å². The molecule has 0 spiro atoms. The van der Waals surface area contributed by atoms with Gasteiger partial charge in [0, 0.05) is 10.0 Å². The zero-order chi connectivity index (χ0) is 12.8. The van der Waals surface area contributed by atoms with E-state index in [1.807, 2.05) is 18.2 Å². The summed E-state index contributed by atoms with van der Waals surface area (Å²) in [6.07, 6.45) is 1.71. The van der Waals surface area contributed by atoms with Gasteiger partial charge in [0.2, 0.25) is 0 Å². The molecule has 0 heterocycles. The number of aliphatic hydroxyl groups is 1. The van der Waals surface area contributed by atoms with Gasteiger partial charge in [-0.3, -0.25) is 0 Å². The van der Waals surface area contributed by atoms with Crippen molar-refractivity contribution in [3.05, 3.63) is 28.2 Å². The first kappa shape index (κ1) is 14.5. The van der Waals surface area contributed by atoms with Gasteiger partial charge >= 0.3 is 0 Å². The molecule has 2 nitrogen and oxygen atoms in total. The molecule has 0 aliphatic carbocycles. The summed E-state index contributed by atoms with van der Waals surface area (Å²) in [7, 11) is 0. The number of benzene rings is 1. The van der Waals surface area contributed by atoms with Crippen molar-refractivity contribution in [2.24, 2.45) is 5.92 Å². The van der Waals surface area contributed by atoms with E-state index in [1.165, 1.54) is 0 Å². The molecule has 0 fully saturated rings. The van der Waals surface area contributed by atoms with Crippen LogP contribution in [0.4, 0.5) is 0 Å². The summed E-state index contributed by atoms with van der Waals surface area (Å²) in [5.41, 5.74) is 0.845. The predicted octanol–water partition coefficient (Wildman–Crippen LogP) is 4.32. The van der Waals surface area contributed by atoms with Gasteiger partial charge in [-0.15, -0.1) is 0 Å². The highest BCUT2D eigenvalue weighted by atomic mass is 79.9. The zero-order valence-corrected chi connectivity index (χ0v) is 12.3. The second kappa shape index (κ2) is 7.02. The molecule has 0 radical (unpaired) electrons. The highest BCUT2D eigenvalue weighted by Crippen LogP contribution is 2.28. The zero-order valence-electron chi connectivity index (χ0n) is 10.7. The highest BCUT2D eigenvalue weighted by Gasteiger charge is 2.09. The topological polar surface area (TPSA) is 29.5 Å². The van der Waals surface area contributed by atoms with E-state index in [0.717, 1.165) is 28.6 Å². The van der Waals surface area contributed by atoms with E-state index in [1.54, 1.807) is 6.92 Å². The van der Waals surface area contributed by atoms with Crippen molar-refractivity contribution < 1.29 is 9.84 Å². The third-order valence-electron chi connectivity index (χ3n) is 2.61. The molecule has 1 rings (SSSR count). The maximum atomic E-state index is 9.64. The molecule has 0 saturated heterocycles. The summed E-state index contributed by atoms with van der Waals surface area (Å²) >= 11 is 3.42. The molecule has 0 amide bonds. The Hall–Kier alpha value is -0.540. The molecule has 1 atom stereocenters. The van der Waals surface area contributed by atoms with Crippen molar-refractivity contribution in [1.82, 2.24) is 0 Å². The molecule has 1 aromatic rings. The van der Waals surface area contributed by atoms with Gasteiger partial charge in [-0.05, 0) is 37.8 Å². The Bertz CT molecular complexity index is 348. The van der Waals surface area contributed by atoms with Crippen molar-refractivity contribution in [3.63, 3.8) is 0 Å². The number of hydrogen-bond donors (Lipinski definition) is 1. The van der Waals surface area contributed by atoms with Gasteiger partial charge in [0.05, 0.1) is 12.7 Å². The van der Waals surface area contributed by atoms with E-state index in [0.29, 0.717) is 12.5 Å². The van der Waals surface area contributed by atoms with Gasteiger partial charge in [0.25, 0.3) is 0 Å². The normalized spacial score (nSPS) is 12.8. The van der Waals surface area contributed by atoms with Gasteiger partial charge in [0.1, 0.15) is 5.75 Å². The largest absolute Gasteiger partial charge is 0.493 e. The molecule has 0 aliphatic rings. The first-order valence-corrected chi connectivity index (χ1v) is 6.90. The van der Waals surface area contributed by atoms with Crippen LogP contribution >= 0.6 is 15.9 Å². The van der Waals surface area contributed by atoms with Gasteiger partial charge in [-0.1, -0.05) is 35.8 Å². The van der Waals surface area contributed by atoms with Crippen LogP contribution in [-0.4, -0.2) is 11.7 Å². The lowest BCUT2D eigenvalue weighted by molar-refractivity contribution is 0.190. The van der Waals surface area contributed by atoms with Gasteiger partial charge in [0.15, 0.2) is 0 Å². The molecule has 1 N–H and O–H groups in total. The molecule has 1 aromatic carbocycles. The minimum Gasteiger partial charge on any atom is -0.493 e. The van der Waals surface area contributed by atoms with E-state index < -0.39 is 6.10 Å². The standard InChI is InChI=1S/C14H21BrO2/c1-10(2)5-4-8-17-14-9-12(15)6-7-13(14)11(3)16/h6-7,9-11,16H,4-5,8H2,1-3H3/t11-/m1/s1. The summed E-state index contributed by atoms with van der Waals surface area (Å²) < 4.78 is 6.71. The third kappa shape index (κ3) is 5.09. The maximum absolute atomic E-state index is 9.64. The van der Waals surface area contributed by atoms with E-state index in [9.17, 15) is 5.11 Å². The Labute approximate surface area is 112 Å². The fourth-order valence-corrected chi connectivity index (χ4v) is 1.99. The number of halogens is 1. The number of aliphatic hydroxyl groups excluding tert-OH is 1. The smallest absolute Gasteiger partial charge is 0.126 e. The first-order chi connectivity index (χ1) is 8.00. The number of rotatable bonds is 6. The van der Waals surface area contributed by atoms with Crippen molar-refractivity contribution in [2.45, 2.75) is 39.7 Å².